The second-order valence-corrected chi connectivity index (χ2v) is 11.0. The van der Waals surface area contributed by atoms with Crippen LogP contribution >= 0.6 is 0 Å². The van der Waals surface area contributed by atoms with Crippen molar-refractivity contribution in [2.45, 2.75) is 83.3 Å². The molecule has 5 nitrogen and oxygen atoms in total. The molecule has 0 unspecified atom stereocenters. The summed E-state index contributed by atoms with van der Waals surface area (Å²) in [5, 5.41) is 3.32. The van der Waals surface area contributed by atoms with Gasteiger partial charge < -0.3 is 15.0 Å². The van der Waals surface area contributed by atoms with Crippen LogP contribution < -0.4 is 10.1 Å². The molecule has 2 aromatic rings. The lowest BCUT2D eigenvalue weighted by atomic mass is 9.77. The van der Waals surface area contributed by atoms with Crippen molar-refractivity contribution >= 4 is 6.03 Å². The first-order valence-corrected chi connectivity index (χ1v) is 14.3. The van der Waals surface area contributed by atoms with E-state index in [1.54, 1.807) is 0 Å². The van der Waals surface area contributed by atoms with Crippen LogP contribution in [0.3, 0.4) is 0 Å². The summed E-state index contributed by atoms with van der Waals surface area (Å²) in [6, 6.07) is 17.9. The molecule has 2 fully saturated rings. The van der Waals surface area contributed by atoms with E-state index >= 15 is 0 Å². The summed E-state index contributed by atoms with van der Waals surface area (Å²) in [5.74, 6) is 1.47. The topological polar surface area (TPSA) is 44.8 Å². The molecule has 0 aromatic heterocycles. The van der Waals surface area contributed by atoms with Gasteiger partial charge in [0.1, 0.15) is 5.75 Å². The molecule has 3 aliphatic rings. The van der Waals surface area contributed by atoms with Crippen LogP contribution in [0.4, 0.5) is 4.79 Å². The summed E-state index contributed by atoms with van der Waals surface area (Å²) < 4.78 is 5.99. The molecule has 0 bridgehead atoms. The van der Waals surface area contributed by atoms with Gasteiger partial charge in [0.2, 0.25) is 0 Å². The summed E-state index contributed by atoms with van der Waals surface area (Å²) in [4.78, 5) is 18.4. The van der Waals surface area contributed by atoms with Gasteiger partial charge in [-0.15, -0.1) is 0 Å². The van der Waals surface area contributed by atoms with Crippen molar-refractivity contribution in [2.75, 3.05) is 26.2 Å². The summed E-state index contributed by atoms with van der Waals surface area (Å²) in [5.41, 5.74) is 4.07. The Hall–Kier alpha value is -2.53. The minimum absolute atomic E-state index is 0.0583. The Balaban J connectivity index is 1.22. The van der Waals surface area contributed by atoms with Crippen molar-refractivity contribution in [3.05, 3.63) is 65.2 Å². The number of carbonyl (C=O) groups excluding carboxylic acids is 1. The molecule has 3 heterocycles. The maximum Gasteiger partial charge on any atom is 0.318 e. The van der Waals surface area contributed by atoms with Crippen molar-refractivity contribution in [1.82, 2.24) is 15.1 Å². The van der Waals surface area contributed by atoms with Crippen LogP contribution in [-0.4, -0.2) is 48.1 Å². The highest BCUT2D eigenvalue weighted by molar-refractivity contribution is 5.75. The Morgan fingerprint density at radius 2 is 2.00 bits per heavy atom. The van der Waals surface area contributed by atoms with E-state index in [4.69, 9.17) is 4.74 Å². The monoisotopic (exact) mass is 489 g/mol. The van der Waals surface area contributed by atoms with E-state index in [2.05, 4.69) is 65.4 Å². The maximum atomic E-state index is 13.6. The number of nitrogens with one attached hydrogen (secondary N) is 1. The van der Waals surface area contributed by atoms with Crippen LogP contribution in [0.15, 0.2) is 48.5 Å². The highest BCUT2D eigenvalue weighted by Crippen LogP contribution is 2.42. The summed E-state index contributed by atoms with van der Waals surface area (Å²) in [6.07, 6.45) is 9.31. The van der Waals surface area contributed by atoms with Gasteiger partial charge in [-0.25, -0.2) is 4.79 Å². The second kappa shape index (κ2) is 11.7. The first-order valence-electron chi connectivity index (χ1n) is 14.3. The van der Waals surface area contributed by atoms with E-state index in [1.807, 2.05) is 12.1 Å². The van der Waals surface area contributed by atoms with Crippen LogP contribution in [0.25, 0.3) is 0 Å². The van der Waals surface area contributed by atoms with Gasteiger partial charge in [-0.05, 0) is 73.8 Å². The number of hydrogen-bond donors (Lipinski definition) is 1. The Morgan fingerprint density at radius 3 is 2.89 bits per heavy atom. The lowest BCUT2D eigenvalue weighted by Gasteiger charge is -2.52. The number of likely N-dealkylation sites (tertiary alicyclic amines) is 1. The third-order valence-corrected chi connectivity index (χ3v) is 8.60. The van der Waals surface area contributed by atoms with E-state index in [0.717, 1.165) is 63.2 Å². The van der Waals surface area contributed by atoms with E-state index in [9.17, 15) is 4.79 Å². The first-order chi connectivity index (χ1) is 17.6. The van der Waals surface area contributed by atoms with E-state index < -0.39 is 0 Å². The van der Waals surface area contributed by atoms with Gasteiger partial charge in [-0.1, -0.05) is 62.6 Å². The predicted octanol–water partition coefficient (Wildman–Crippen LogP) is 6.50. The highest BCUT2D eigenvalue weighted by Gasteiger charge is 2.44. The van der Waals surface area contributed by atoms with Gasteiger partial charge in [-0.2, -0.15) is 0 Å². The summed E-state index contributed by atoms with van der Waals surface area (Å²) >= 11 is 0. The van der Waals surface area contributed by atoms with E-state index in [-0.39, 0.29) is 12.1 Å². The zero-order chi connectivity index (χ0) is 24.9. The molecule has 36 heavy (non-hydrogen) atoms. The minimum Gasteiger partial charge on any atom is -0.494 e. The largest absolute Gasteiger partial charge is 0.494 e. The lowest BCUT2D eigenvalue weighted by molar-refractivity contribution is 0.00533. The Bertz CT molecular complexity index is 1020. The number of amides is 2. The van der Waals surface area contributed by atoms with Crippen molar-refractivity contribution in [2.24, 2.45) is 5.92 Å². The quantitative estimate of drug-likeness (QED) is 0.431. The van der Waals surface area contributed by atoms with Crippen LogP contribution in [0.5, 0.6) is 5.75 Å². The molecular formula is C31H43N3O2. The molecule has 4 atom stereocenters. The average molecular weight is 490 g/mol. The number of hydrogen-bond acceptors (Lipinski definition) is 3. The molecule has 194 valence electrons. The number of rotatable bonds is 8. The van der Waals surface area contributed by atoms with Gasteiger partial charge >= 0.3 is 6.03 Å². The van der Waals surface area contributed by atoms with Crippen molar-refractivity contribution in [3.63, 3.8) is 0 Å². The standard InChI is InChI=1S/C31H43N3O2/c1-3-4-5-8-19-36-27-14-9-12-25(20-27)23(2)32-31(35)34-17-10-13-26-22-33-18-16-24-11-6-7-15-28(24)30(33)21-29(26)34/h6-7,9,11-12,14-15,20,23,26,29-30H,3-5,8,10,13,16-19,21-22H2,1-2H3,(H,32,35)/t23-,26-,29+,30-/m1/s1. The van der Waals surface area contributed by atoms with E-state index in [1.165, 1.54) is 36.8 Å². The molecule has 5 heteroatoms. The Morgan fingerprint density at radius 1 is 1.11 bits per heavy atom. The fraction of sp³-hybridized carbons (Fsp3) is 0.581. The number of benzene rings is 2. The molecule has 2 amide bonds. The Labute approximate surface area is 217 Å². The summed E-state index contributed by atoms with van der Waals surface area (Å²) in [6.45, 7) is 8.17. The zero-order valence-electron chi connectivity index (χ0n) is 22.1. The van der Waals surface area contributed by atoms with Gasteiger partial charge in [0.15, 0.2) is 0 Å². The van der Waals surface area contributed by atoms with Crippen molar-refractivity contribution in [1.29, 1.82) is 0 Å². The number of ether oxygens (including phenoxy) is 1. The molecule has 0 aliphatic carbocycles. The molecule has 5 rings (SSSR count). The fourth-order valence-corrected chi connectivity index (χ4v) is 6.59. The van der Waals surface area contributed by atoms with Crippen LogP contribution in [0.2, 0.25) is 0 Å². The predicted molar refractivity (Wildman–Crippen MR) is 145 cm³/mol. The third-order valence-electron chi connectivity index (χ3n) is 8.60. The molecule has 0 saturated carbocycles. The van der Waals surface area contributed by atoms with Crippen molar-refractivity contribution < 1.29 is 9.53 Å². The van der Waals surface area contributed by atoms with Crippen LogP contribution in [0, 0.1) is 5.92 Å². The van der Waals surface area contributed by atoms with Crippen molar-refractivity contribution in [3.8, 4) is 5.75 Å². The molecule has 0 spiro atoms. The number of unbranched alkanes of at least 4 members (excludes halogenated alkanes) is 3. The van der Waals surface area contributed by atoms with Gasteiger partial charge in [0.25, 0.3) is 0 Å². The maximum absolute atomic E-state index is 13.6. The fourth-order valence-electron chi connectivity index (χ4n) is 6.59. The second-order valence-electron chi connectivity index (χ2n) is 11.0. The van der Waals surface area contributed by atoms with Gasteiger partial charge in [0, 0.05) is 31.7 Å². The SMILES string of the molecule is CCCCCCOc1cccc([C@@H](C)NC(=O)N2CCC[C@@H]3CN4CCc5ccccc5[C@H]4C[C@@H]32)c1. The normalized spacial score (nSPS) is 24.3. The number of urea groups is 1. The molecule has 2 aromatic carbocycles. The van der Waals surface area contributed by atoms with Crippen LogP contribution in [0.1, 0.15) is 87.6 Å². The van der Waals surface area contributed by atoms with Crippen LogP contribution in [-0.2, 0) is 6.42 Å². The Kier molecular flexibility index (Phi) is 8.15. The molecule has 0 radical (unpaired) electrons. The first kappa shape index (κ1) is 25.1. The molecule has 2 saturated heterocycles. The number of carbonyl (C=O) groups is 1. The van der Waals surface area contributed by atoms with Gasteiger partial charge in [-0.3, -0.25) is 4.90 Å². The highest BCUT2D eigenvalue weighted by atomic mass is 16.5. The smallest absolute Gasteiger partial charge is 0.318 e. The zero-order valence-corrected chi connectivity index (χ0v) is 22.1. The van der Waals surface area contributed by atoms with Gasteiger partial charge in [0.05, 0.1) is 12.6 Å². The molecular weight excluding hydrogens is 446 g/mol. The minimum atomic E-state index is -0.0583. The third kappa shape index (κ3) is 5.56. The molecule has 3 aliphatic heterocycles. The van der Waals surface area contributed by atoms with E-state index in [0.29, 0.717) is 18.0 Å². The molecule has 1 N–H and O–H groups in total. The lowest BCUT2D eigenvalue weighted by Crippen LogP contribution is -2.59. The number of piperidine rings is 2. The number of fused-ring (bicyclic) bond motifs is 4. The average Bonchev–Trinajstić information content (AvgIpc) is 2.91. The summed E-state index contributed by atoms with van der Waals surface area (Å²) in [7, 11) is 0. The number of nitrogens with zero attached hydrogens (tertiary/aromatic N) is 2.